The maximum Gasteiger partial charge on any atom is 0.257 e. The highest BCUT2D eigenvalue weighted by atomic mass is 32.1. The van der Waals surface area contributed by atoms with E-state index in [9.17, 15) is 13.6 Å². The minimum Gasteiger partial charge on any atom is -0.494 e. The number of methoxy groups -OCH3 is 1. The first-order valence-corrected chi connectivity index (χ1v) is 17.6. The Balaban J connectivity index is 1.19. The van der Waals surface area contributed by atoms with Crippen LogP contribution < -0.4 is 10.1 Å². The number of hydrogen-bond donors (Lipinski definition) is 1. The van der Waals surface area contributed by atoms with Gasteiger partial charge in [0.2, 0.25) is 11.8 Å². The summed E-state index contributed by atoms with van der Waals surface area (Å²) in [6.07, 6.45) is 6.25. The molecule has 9 rings (SSSR count). The summed E-state index contributed by atoms with van der Waals surface area (Å²) in [5.74, 6) is 0.929. The van der Waals surface area contributed by atoms with Crippen LogP contribution in [0.15, 0.2) is 59.1 Å². The summed E-state index contributed by atoms with van der Waals surface area (Å²) in [4.78, 5) is 26.9. The van der Waals surface area contributed by atoms with Crippen LogP contribution in [0, 0.1) is 18.6 Å². The Labute approximate surface area is 290 Å². The monoisotopic (exact) mass is 690 g/mol. The average molecular weight is 691 g/mol. The molecule has 12 heteroatoms. The number of rotatable bonds is 8. The minimum absolute atomic E-state index is 0.0403. The second kappa shape index (κ2) is 12.0. The third kappa shape index (κ3) is 5.03. The number of pyridine rings is 2. The van der Waals surface area contributed by atoms with E-state index in [0.717, 1.165) is 74.3 Å². The molecule has 2 aliphatic heterocycles. The van der Waals surface area contributed by atoms with E-state index < -0.39 is 0 Å². The number of aryl methyl sites for hydroxylation is 4. The summed E-state index contributed by atoms with van der Waals surface area (Å²) < 4.78 is 40.7. The molecule has 9 nitrogen and oxygen atoms in total. The molecule has 252 valence electrons. The molecule has 50 heavy (non-hydrogen) atoms. The minimum atomic E-state index is -0.389. The molecule has 1 saturated heterocycles. The van der Waals surface area contributed by atoms with Crippen LogP contribution in [0.25, 0.3) is 32.0 Å². The number of carbonyl (C=O) groups excluding carboxylic acids is 1. The summed E-state index contributed by atoms with van der Waals surface area (Å²) in [5.41, 5.74) is 6.42. The fourth-order valence-electron chi connectivity index (χ4n) is 7.79. The molecule has 6 aromatic rings. The lowest BCUT2D eigenvalue weighted by atomic mass is 9.93. The zero-order chi connectivity index (χ0) is 34.1. The molecule has 1 aliphatic carbocycles. The van der Waals surface area contributed by atoms with Gasteiger partial charge in [0.15, 0.2) is 11.6 Å². The van der Waals surface area contributed by atoms with Crippen LogP contribution in [0.3, 0.4) is 0 Å². The molecule has 2 atom stereocenters. The number of hydrogen-bond acceptors (Lipinski definition) is 9. The van der Waals surface area contributed by atoms with E-state index in [1.165, 1.54) is 30.6 Å². The Morgan fingerprint density at radius 2 is 1.90 bits per heavy atom. The lowest BCUT2D eigenvalue weighted by Gasteiger charge is -2.16. The van der Waals surface area contributed by atoms with Gasteiger partial charge in [-0.05, 0) is 97.0 Å². The maximum atomic E-state index is 14.8. The summed E-state index contributed by atoms with van der Waals surface area (Å²) in [6.45, 7) is 2.42. The van der Waals surface area contributed by atoms with Crippen LogP contribution in [-0.4, -0.2) is 44.6 Å². The number of thiophene rings is 1. The number of nitrogens with one attached hydrogen (secondary N) is 1. The van der Waals surface area contributed by atoms with Gasteiger partial charge in [0.1, 0.15) is 11.6 Å². The van der Waals surface area contributed by atoms with Crippen molar-refractivity contribution in [3.63, 3.8) is 0 Å². The number of amides is 1. The van der Waals surface area contributed by atoms with Crippen LogP contribution >= 0.6 is 11.3 Å². The Morgan fingerprint density at radius 3 is 2.70 bits per heavy atom. The number of halogens is 2. The van der Waals surface area contributed by atoms with Crippen molar-refractivity contribution >= 4 is 33.1 Å². The third-order valence-corrected chi connectivity index (χ3v) is 11.3. The highest BCUT2D eigenvalue weighted by molar-refractivity contribution is 7.23. The second-order valence-corrected chi connectivity index (χ2v) is 14.1. The van der Waals surface area contributed by atoms with Gasteiger partial charge in [0, 0.05) is 30.1 Å². The highest BCUT2D eigenvalue weighted by Gasteiger charge is 2.45. The summed E-state index contributed by atoms with van der Waals surface area (Å²) in [6, 6.07) is 13.7. The van der Waals surface area contributed by atoms with Crippen LogP contribution in [0.4, 0.5) is 14.6 Å². The molecule has 3 aliphatic rings. The van der Waals surface area contributed by atoms with Crippen LogP contribution in [-0.2, 0) is 19.3 Å². The normalized spacial score (nSPS) is 17.8. The third-order valence-electron chi connectivity index (χ3n) is 10.1. The topological polar surface area (TPSA) is 106 Å². The Morgan fingerprint density at radius 1 is 1.04 bits per heavy atom. The van der Waals surface area contributed by atoms with E-state index in [2.05, 4.69) is 21.6 Å². The van der Waals surface area contributed by atoms with Gasteiger partial charge in [0.05, 0.1) is 46.4 Å². The van der Waals surface area contributed by atoms with Crippen LogP contribution in [0.1, 0.15) is 75.7 Å². The summed E-state index contributed by atoms with van der Waals surface area (Å²) in [5, 5.41) is 13.2. The van der Waals surface area contributed by atoms with Gasteiger partial charge in [-0.15, -0.1) is 21.5 Å². The van der Waals surface area contributed by atoms with E-state index in [1.807, 2.05) is 11.0 Å². The van der Waals surface area contributed by atoms with Crippen molar-refractivity contribution in [1.29, 1.82) is 0 Å². The number of aromatic nitrogens is 4. The molecule has 0 spiro atoms. The van der Waals surface area contributed by atoms with E-state index in [-0.39, 0.29) is 35.4 Å². The van der Waals surface area contributed by atoms with E-state index in [1.54, 1.807) is 37.4 Å². The molecular formula is C38H32F2N6O3S. The van der Waals surface area contributed by atoms with Crippen LogP contribution in [0.2, 0.25) is 0 Å². The summed E-state index contributed by atoms with van der Waals surface area (Å²) >= 11 is 1.54. The number of benzene rings is 2. The number of fused-ring (bicyclic) bond motifs is 5. The predicted octanol–water partition coefficient (Wildman–Crippen LogP) is 8.18. The van der Waals surface area contributed by atoms with Gasteiger partial charge in [-0.25, -0.2) is 13.8 Å². The first kappa shape index (κ1) is 30.8. The van der Waals surface area contributed by atoms with Crippen molar-refractivity contribution in [2.45, 2.75) is 57.5 Å². The first-order valence-electron chi connectivity index (χ1n) is 16.8. The van der Waals surface area contributed by atoms with Gasteiger partial charge in [-0.1, -0.05) is 12.1 Å². The Bertz CT molecular complexity index is 2320. The fourth-order valence-corrected chi connectivity index (χ4v) is 8.95. The Kier molecular flexibility index (Phi) is 7.38. The molecule has 0 radical (unpaired) electrons. The van der Waals surface area contributed by atoms with Crippen molar-refractivity contribution in [2.75, 3.05) is 19.0 Å². The standard InChI is InChI=1S/C38H32F2N6O3S/c1-19-44-45-37(49-19)31-27(11-7-20-5-9-23(39)10-6-20)42-34-28-4-3-15-46(28)38(47)33(34)32(31)30-17-22-13-14-41-36(35(22)50-30)43-26-12-8-21-16-29(48-2)25(40)18-24(21)26/h5-6,9-10,13-14,16-18,26,28H,3-4,7-8,11-12,15H2,1-2H3,(H,41,43)/t26-,28+/m0/s1. The van der Waals surface area contributed by atoms with Crippen molar-refractivity contribution < 1.29 is 22.7 Å². The van der Waals surface area contributed by atoms with Crippen molar-refractivity contribution in [2.24, 2.45) is 0 Å². The quantitative estimate of drug-likeness (QED) is 0.171. The van der Waals surface area contributed by atoms with Gasteiger partial charge >= 0.3 is 0 Å². The van der Waals surface area contributed by atoms with Gasteiger partial charge in [-0.3, -0.25) is 9.78 Å². The average Bonchev–Trinajstić information content (AvgIpc) is 3.96. The molecule has 1 fully saturated rings. The molecule has 0 unspecified atom stereocenters. The van der Waals surface area contributed by atoms with E-state index >= 15 is 0 Å². The molecule has 6 heterocycles. The van der Waals surface area contributed by atoms with Gasteiger partial charge < -0.3 is 19.4 Å². The van der Waals surface area contributed by atoms with Gasteiger partial charge in [0.25, 0.3) is 5.91 Å². The van der Waals surface area contributed by atoms with E-state index in [0.29, 0.717) is 48.1 Å². The van der Waals surface area contributed by atoms with Crippen LogP contribution in [0.5, 0.6) is 5.75 Å². The lowest BCUT2D eigenvalue weighted by molar-refractivity contribution is 0.0776. The molecule has 1 amide bonds. The largest absolute Gasteiger partial charge is 0.494 e. The molecular weight excluding hydrogens is 659 g/mol. The van der Waals surface area contributed by atoms with Gasteiger partial charge in [-0.2, -0.15) is 0 Å². The maximum absolute atomic E-state index is 14.8. The predicted molar refractivity (Wildman–Crippen MR) is 185 cm³/mol. The first-order chi connectivity index (χ1) is 24.4. The fraction of sp³-hybridized carbons (Fsp3) is 0.289. The SMILES string of the molecule is COc1cc2c(cc1F)[C@@H](Nc1nccc3cc(-c4c5c(nc(CCc6ccc(F)cc6)c4-c4nnc(C)o4)[C@H]4CCCN4C5=O)sc13)CC2. The number of nitrogens with zero attached hydrogens (tertiary/aromatic N) is 5. The number of carbonyl (C=O) groups is 1. The zero-order valence-corrected chi connectivity index (χ0v) is 28.2. The number of ether oxygens (including phenoxy) is 1. The van der Waals surface area contributed by atoms with Crippen molar-refractivity contribution in [1.82, 2.24) is 25.1 Å². The smallest absolute Gasteiger partial charge is 0.257 e. The second-order valence-electron chi connectivity index (χ2n) is 13.1. The molecule has 0 saturated carbocycles. The summed E-state index contributed by atoms with van der Waals surface area (Å²) in [7, 11) is 1.48. The lowest BCUT2D eigenvalue weighted by Crippen LogP contribution is -2.22. The highest BCUT2D eigenvalue weighted by Crippen LogP contribution is 2.50. The van der Waals surface area contributed by atoms with Crippen molar-refractivity contribution in [3.8, 4) is 27.6 Å². The molecule has 2 aromatic carbocycles. The molecule has 0 bridgehead atoms. The van der Waals surface area contributed by atoms with Crippen molar-refractivity contribution in [3.05, 3.63) is 106 Å². The zero-order valence-electron chi connectivity index (χ0n) is 27.4. The number of anilines is 1. The van der Waals surface area contributed by atoms with E-state index in [4.69, 9.17) is 19.1 Å². The molecule has 4 aromatic heterocycles. The molecule has 1 N–H and O–H groups in total. The Hall–Kier alpha value is -5.23.